The summed E-state index contributed by atoms with van der Waals surface area (Å²) in [5.41, 5.74) is 0. The lowest BCUT2D eigenvalue weighted by atomic mass is 9.95. The van der Waals surface area contributed by atoms with Crippen LogP contribution in [-0.2, 0) is 4.74 Å². The monoisotopic (exact) mass is 253 g/mol. The number of ether oxygens (including phenoxy) is 1. The summed E-state index contributed by atoms with van der Waals surface area (Å²) in [5.74, 6) is 0.645. The Balaban J connectivity index is 2.32. The van der Waals surface area contributed by atoms with Crippen molar-refractivity contribution >= 4 is 0 Å². The summed E-state index contributed by atoms with van der Waals surface area (Å²) in [7, 11) is 1.79. The number of methoxy groups -OCH3 is 1. The van der Waals surface area contributed by atoms with Crippen LogP contribution >= 0.6 is 0 Å². The molecule has 0 spiro atoms. The summed E-state index contributed by atoms with van der Waals surface area (Å²) >= 11 is 0. The molecule has 0 aromatic heterocycles. The van der Waals surface area contributed by atoms with E-state index in [0.29, 0.717) is 18.1 Å². The van der Waals surface area contributed by atoms with Crippen molar-refractivity contribution in [2.75, 3.05) is 26.7 Å². The third-order valence-corrected chi connectivity index (χ3v) is 3.70. The van der Waals surface area contributed by atoms with Crippen LogP contribution in [-0.4, -0.2) is 49.8 Å². The van der Waals surface area contributed by atoms with E-state index in [4.69, 9.17) is 10.00 Å². The van der Waals surface area contributed by atoms with Gasteiger partial charge in [0.2, 0.25) is 0 Å². The zero-order valence-corrected chi connectivity index (χ0v) is 12.1. The third-order valence-electron chi connectivity index (χ3n) is 3.70. The topological polar surface area (TPSA) is 48.3 Å². The summed E-state index contributed by atoms with van der Waals surface area (Å²) in [5, 5.41) is 12.4. The number of piperidine rings is 1. The van der Waals surface area contributed by atoms with Crippen LogP contribution < -0.4 is 5.32 Å². The van der Waals surface area contributed by atoms with Gasteiger partial charge in [-0.2, -0.15) is 5.26 Å². The van der Waals surface area contributed by atoms with Crippen LogP contribution in [0.25, 0.3) is 0 Å². The second-order valence-corrected chi connectivity index (χ2v) is 5.63. The summed E-state index contributed by atoms with van der Waals surface area (Å²) in [6, 6.07) is 2.66. The smallest absolute Gasteiger partial charge is 0.0967 e. The van der Waals surface area contributed by atoms with Gasteiger partial charge in [0.25, 0.3) is 0 Å². The summed E-state index contributed by atoms with van der Waals surface area (Å²) < 4.78 is 5.51. The molecule has 0 aromatic carbocycles. The molecule has 1 heterocycles. The second kappa shape index (κ2) is 7.73. The van der Waals surface area contributed by atoms with Gasteiger partial charge in [0, 0.05) is 26.2 Å². The molecule has 0 aliphatic carbocycles. The number of nitrogens with one attached hydrogen (secondary N) is 1. The van der Waals surface area contributed by atoms with Crippen LogP contribution in [0.4, 0.5) is 0 Å². The second-order valence-electron chi connectivity index (χ2n) is 5.63. The van der Waals surface area contributed by atoms with Gasteiger partial charge in [-0.1, -0.05) is 6.92 Å². The first-order valence-corrected chi connectivity index (χ1v) is 6.97. The molecule has 4 heteroatoms. The number of nitriles is 1. The van der Waals surface area contributed by atoms with Crippen molar-refractivity contribution in [3.05, 3.63) is 0 Å². The van der Waals surface area contributed by atoms with E-state index in [0.717, 1.165) is 26.1 Å². The zero-order chi connectivity index (χ0) is 13.5. The highest BCUT2D eigenvalue weighted by Gasteiger charge is 2.26. The van der Waals surface area contributed by atoms with E-state index in [-0.39, 0.29) is 6.04 Å². The van der Waals surface area contributed by atoms with Gasteiger partial charge >= 0.3 is 0 Å². The summed E-state index contributed by atoms with van der Waals surface area (Å²) in [4.78, 5) is 2.42. The van der Waals surface area contributed by atoms with Crippen LogP contribution in [0, 0.1) is 17.2 Å². The van der Waals surface area contributed by atoms with Gasteiger partial charge in [-0.15, -0.1) is 0 Å². The van der Waals surface area contributed by atoms with Crippen molar-refractivity contribution in [3.63, 3.8) is 0 Å². The molecule has 0 amide bonds. The fraction of sp³-hybridized carbons (Fsp3) is 0.929. The average Bonchev–Trinajstić information content (AvgIpc) is 2.35. The van der Waals surface area contributed by atoms with E-state index in [1.165, 1.54) is 6.42 Å². The first-order valence-electron chi connectivity index (χ1n) is 6.97. The number of hydrogen-bond donors (Lipinski definition) is 1. The molecule has 0 bridgehead atoms. The minimum Gasteiger partial charge on any atom is -0.380 e. The van der Waals surface area contributed by atoms with E-state index >= 15 is 0 Å². The molecule has 4 nitrogen and oxygen atoms in total. The highest BCUT2D eigenvalue weighted by Crippen LogP contribution is 2.19. The Morgan fingerprint density at radius 2 is 2.22 bits per heavy atom. The van der Waals surface area contributed by atoms with Gasteiger partial charge in [-0.3, -0.25) is 5.32 Å². The Bertz CT molecular complexity index is 275. The molecule has 1 aliphatic heterocycles. The minimum absolute atomic E-state index is 0.0367. The van der Waals surface area contributed by atoms with Crippen LogP contribution in [0.3, 0.4) is 0 Å². The number of rotatable bonds is 6. The molecule has 1 aliphatic rings. The molecule has 3 atom stereocenters. The van der Waals surface area contributed by atoms with Gasteiger partial charge in [0.05, 0.1) is 18.2 Å². The van der Waals surface area contributed by atoms with E-state index in [9.17, 15) is 0 Å². The maximum Gasteiger partial charge on any atom is 0.0967 e. The molecule has 0 aromatic rings. The molecule has 3 unspecified atom stereocenters. The molecule has 1 rings (SSSR count). The van der Waals surface area contributed by atoms with Crippen molar-refractivity contribution in [2.24, 2.45) is 5.92 Å². The maximum atomic E-state index is 9.09. The first-order chi connectivity index (χ1) is 8.56. The normalized spacial score (nSPS) is 27.1. The Labute approximate surface area is 111 Å². The number of hydrogen-bond acceptors (Lipinski definition) is 4. The standard InChI is InChI=1S/C14H27N3O/c1-11(2)16-13(9-15)6-8-17-7-5-12(3)14(10-17)18-4/h11-14,16H,5-8,10H2,1-4H3. The Morgan fingerprint density at radius 1 is 1.50 bits per heavy atom. The maximum absolute atomic E-state index is 9.09. The van der Waals surface area contributed by atoms with Gasteiger partial charge in [-0.25, -0.2) is 0 Å². The van der Waals surface area contributed by atoms with Crippen molar-refractivity contribution in [1.82, 2.24) is 10.2 Å². The van der Waals surface area contributed by atoms with E-state index in [1.54, 1.807) is 7.11 Å². The Hall–Kier alpha value is -0.630. The molecule has 18 heavy (non-hydrogen) atoms. The van der Waals surface area contributed by atoms with Crippen molar-refractivity contribution in [3.8, 4) is 6.07 Å². The predicted octanol–water partition coefficient (Wildman–Crippen LogP) is 1.62. The first kappa shape index (κ1) is 15.4. The summed E-state index contributed by atoms with van der Waals surface area (Å²) in [6.07, 6.45) is 2.42. The lowest BCUT2D eigenvalue weighted by molar-refractivity contribution is -0.00548. The van der Waals surface area contributed by atoms with Gasteiger partial charge in [0.15, 0.2) is 0 Å². The molecule has 104 valence electrons. The fourth-order valence-electron chi connectivity index (χ4n) is 2.51. The summed E-state index contributed by atoms with van der Waals surface area (Å²) in [6.45, 7) is 9.51. The lowest BCUT2D eigenvalue weighted by Crippen LogP contribution is -2.45. The molecule has 1 saturated heterocycles. The minimum atomic E-state index is -0.0367. The highest BCUT2D eigenvalue weighted by molar-refractivity contribution is 4.91. The zero-order valence-electron chi connectivity index (χ0n) is 12.1. The van der Waals surface area contributed by atoms with E-state index in [1.807, 2.05) is 0 Å². The average molecular weight is 253 g/mol. The lowest BCUT2D eigenvalue weighted by Gasteiger charge is -2.36. The molecule has 0 saturated carbocycles. The largest absolute Gasteiger partial charge is 0.380 e. The van der Waals surface area contributed by atoms with Crippen molar-refractivity contribution < 1.29 is 4.74 Å². The SMILES string of the molecule is COC1CN(CCC(C#N)NC(C)C)CCC1C. The van der Waals surface area contributed by atoms with Crippen LogP contribution in [0.5, 0.6) is 0 Å². The Kier molecular flexibility index (Phi) is 6.62. The van der Waals surface area contributed by atoms with Gasteiger partial charge in [-0.05, 0) is 39.2 Å². The van der Waals surface area contributed by atoms with Crippen LogP contribution in [0.2, 0.25) is 0 Å². The molecule has 1 N–H and O–H groups in total. The molecule has 0 radical (unpaired) electrons. The molecule has 1 fully saturated rings. The number of nitrogens with zero attached hydrogens (tertiary/aromatic N) is 2. The third kappa shape index (κ3) is 4.93. The molecular formula is C14H27N3O. The van der Waals surface area contributed by atoms with Crippen LogP contribution in [0.15, 0.2) is 0 Å². The fourth-order valence-corrected chi connectivity index (χ4v) is 2.51. The van der Waals surface area contributed by atoms with E-state index in [2.05, 4.69) is 37.1 Å². The highest BCUT2D eigenvalue weighted by atomic mass is 16.5. The van der Waals surface area contributed by atoms with E-state index < -0.39 is 0 Å². The van der Waals surface area contributed by atoms with Gasteiger partial charge < -0.3 is 9.64 Å². The van der Waals surface area contributed by atoms with Crippen molar-refractivity contribution in [1.29, 1.82) is 5.26 Å². The molecular weight excluding hydrogens is 226 g/mol. The van der Waals surface area contributed by atoms with Crippen LogP contribution in [0.1, 0.15) is 33.6 Å². The Morgan fingerprint density at radius 3 is 2.78 bits per heavy atom. The predicted molar refractivity (Wildman–Crippen MR) is 73.3 cm³/mol. The number of likely N-dealkylation sites (tertiary alicyclic amines) is 1. The van der Waals surface area contributed by atoms with Gasteiger partial charge in [0.1, 0.15) is 0 Å². The van der Waals surface area contributed by atoms with Crippen molar-refractivity contribution in [2.45, 2.75) is 51.8 Å². The quantitative estimate of drug-likeness (QED) is 0.781.